The van der Waals surface area contributed by atoms with E-state index < -0.39 is 6.10 Å². The van der Waals surface area contributed by atoms with E-state index in [1.165, 1.54) is 12.5 Å². The molecule has 1 aromatic rings. The zero-order valence-corrected chi connectivity index (χ0v) is 19.3. The highest BCUT2D eigenvalue weighted by Gasteiger charge is 2.50. The van der Waals surface area contributed by atoms with E-state index in [9.17, 15) is 15.0 Å². The van der Waals surface area contributed by atoms with Gasteiger partial charge >= 0.3 is 0 Å². The van der Waals surface area contributed by atoms with E-state index >= 15 is 0 Å². The summed E-state index contributed by atoms with van der Waals surface area (Å²) >= 11 is 0. The fourth-order valence-corrected chi connectivity index (χ4v) is 4.83. The predicted octanol–water partition coefficient (Wildman–Crippen LogP) is 3.02. The molecular formula is C25H38N2O4. The standard InChI is InChI=1S/C25H38N2O4/c1-6-7-20(27-16(2)28)22(30)15-26-21-14-25(12-18(29)13-25)31-23-9-8-17(10-19(21)23)11-24(3,4)5/h6,8-10,18,20-22,26,29-30H,1,7,11-15H2,2-5H3,(H,27,28)/t18-,20-,21-,22+,25+/m0/s1. The Hall–Kier alpha value is -1.89. The first-order valence-electron chi connectivity index (χ1n) is 11.3. The molecule has 0 saturated heterocycles. The minimum Gasteiger partial charge on any atom is -0.487 e. The van der Waals surface area contributed by atoms with Gasteiger partial charge in [0.15, 0.2) is 0 Å². The molecule has 3 atom stereocenters. The lowest BCUT2D eigenvalue weighted by molar-refractivity contribution is -0.120. The number of nitrogens with one attached hydrogen (secondary N) is 2. The van der Waals surface area contributed by atoms with Gasteiger partial charge in [0, 0.05) is 44.3 Å². The van der Waals surface area contributed by atoms with Gasteiger partial charge in [-0.15, -0.1) is 6.58 Å². The Balaban J connectivity index is 1.78. The number of aliphatic hydroxyl groups is 2. The van der Waals surface area contributed by atoms with Crippen molar-refractivity contribution in [3.63, 3.8) is 0 Å². The number of ether oxygens (including phenoxy) is 1. The average Bonchev–Trinajstić information content (AvgIpc) is 2.63. The number of fused-ring (bicyclic) bond motifs is 1. The van der Waals surface area contributed by atoms with Crippen molar-refractivity contribution < 1.29 is 19.7 Å². The lowest BCUT2D eigenvalue weighted by Gasteiger charge is -2.50. The highest BCUT2D eigenvalue weighted by Crippen LogP contribution is 2.49. The van der Waals surface area contributed by atoms with Crippen LogP contribution in [0.15, 0.2) is 30.9 Å². The van der Waals surface area contributed by atoms with Crippen LogP contribution in [0.5, 0.6) is 5.75 Å². The van der Waals surface area contributed by atoms with Crippen molar-refractivity contribution in [1.29, 1.82) is 0 Å². The molecule has 1 aliphatic carbocycles. The summed E-state index contributed by atoms with van der Waals surface area (Å²) in [6.45, 7) is 12.2. The highest BCUT2D eigenvalue weighted by atomic mass is 16.5. The fourth-order valence-electron chi connectivity index (χ4n) is 4.83. The van der Waals surface area contributed by atoms with Crippen LogP contribution in [-0.4, -0.2) is 46.5 Å². The van der Waals surface area contributed by atoms with Gasteiger partial charge in [-0.1, -0.05) is 39.0 Å². The van der Waals surface area contributed by atoms with Gasteiger partial charge in [0.05, 0.1) is 18.2 Å². The van der Waals surface area contributed by atoms with E-state index in [1.807, 2.05) is 6.07 Å². The number of aliphatic hydroxyl groups excluding tert-OH is 2. The van der Waals surface area contributed by atoms with Crippen molar-refractivity contribution in [3.8, 4) is 5.75 Å². The van der Waals surface area contributed by atoms with Crippen LogP contribution in [0.25, 0.3) is 0 Å². The molecule has 1 amide bonds. The van der Waals surface area contributed by atoms with Crippen LogP contribution in [0, 0.1) is 5.41 Å². The SMILES string of the molecule is C=CC[C@H](NC(C)=O)[C@H](O)CN[C@H]1C[C@]2(C[C@H](O)C2)Oc2ccc(CC(C)(C)C)cc21. The summed E-state index contributed by atoms with van der Waals surface area (Å²) in [5.41, 5.74) is 2.19. The van der Waals surface area contributed by atoms with E-state index in [0.717, 1.165) is 24.2 Å². The number of rotatable bonds is 8. The summed E-state index contributed by atoms with van der Waals surface area (Å²) < 4.78 is 6.35. The Morgan fingerprint density at radius 1 is 1.35 bits per heavy atom. The molecule has 1 heterocycles. The molecule has 0 bridgehead atoms. The maximum absolute atomic E-state index is 11.5. The summed E-state index contributed by atoms with van der Waals surface area (Å²) in [5.74, 6) is 0.684. The molecule has 6 heteroatoms. The summed E-state index contributed by atoms with van der Waals surface area (Å²) in [6, 6.07) is 6.01. The number of benzene rings is 1. The molecule has 1 saturated carbocycles. The fraction of sp³-hybridized carbons (Fsp3) is 0.640. The predicted molar refractivity (Wildman–Crippen MR) is 122 cm³/mol. The third-order valence-electron chi connectivity index (χ3n) is 6.15. The molecule has 172 valence electrons. The van der Waals surface area contributed by atoms with E-state index in [1.54, 1.807) is 6.08 Å². The lowest BCUT2D eigenvalue weighted by Crippen LogP contribution is -2.56. The second-order valence-electron chi connectivity index (χ2n) is 10.5. The molecule has 1 spiro atoms. The van der Waals surface area contributed by atoms with Gasteiger partial charge in [0.25, 0.3) is 0 Å². The van der Waals surface area contributed by atoms with Gasteiger partial charge < -0.3 is 25.6 Å². The minimum atomic E-state index is -0.742. The number of amides is 1. The third-order valence-corrected chi connectivity index (χ3v) is 6.15. The normalized spacial score (nSPS) is 26.9. The molecule has 4 N–H and O–H groups in total. The molecule has 31 heavy (non-hydrogen) atoms. The summed E-state index contributed by atoms with van der Waals surface area (Å²) in [6.07, 6.45) is 4.11. The maximum atomic E-state index is 11.5. The Labute approximate surface area is 186 Å². The Bertz CT molecular complexity index is 795. The Morgan fingerprint density at radius 2 is 2.06 bits per heavy atom. The molecule has 6 nitrogen and oxygen atoms in total. The number of carbonyl (C=O) groups excluding carboxylic acids is 1. The van der Waals surface area contributed by atoms with E-state index in [-0.39, 0.29) is 35.1 Å². The summed E-state index contributed by atoms with van der Waals surface area (Å²) in [5, 5.41) is 27.0. The van der Waals surface area contributed by atoms with Crippen molar-refractivity contribution in [3.05, 3.63) is 42.0 Å². The minimum absolute atomic E-state index is 0.00697. The van der Waals surface area contributed by atoms with Gasteiger partial charge in [-0.05, 0) is 29.9 Å². The second-order valence-corrected chi connectivity index (χ2v) is 10.5. The van der Waals surface area contributed by atoms with Gasteiger partial charge in [-0.2, -0.15) is 0 Å². The first kappa shape index (κ1) is 23.8. The average molecular weight is 431 g/mol. The zero-order chi connectivity index (χ0) is 22.8. The van der Waals surface area contributed by atoms with E-state index in [4.69, 9.17) is 4.74 Å². The summed E-state index contributed by atoms with van der Waals surface area (Å²) in [4.78, 5) is 11.5. The molecule has 1 fully saturated rings. The molecule has 0 aromatic heterocycles. The third kappa shape index (κ3) is 6.09. The van der Waals surface area contributed by atoms with Gasteiger partial charge in [0.1, 0.15) is 11.4 Å². The highest BCUT2D eigenvalue weighted by molar-refractivity contribution is 5.73. The zero-order valence-electron chi connectivity index (χ0n) is 19.3. The van der Waals surface area contributed by atoms with Crippen molar-refractivity contribution in [2.24, 2.45) is 5.41 Å². The van der Waals surface area contributed by atoms with Crippen LogP contribution >= 0.6 is 0 Å². The molecular weight excluding hydrogens is 392 g/mol. The van der Waals surface area contributed by atoms with Crippen molar-refractivity contribution in [2.75, 3.05) is 6.54 Å². The number of carbonyl (C=O) groups is 1. The quantitative estimate of drug-likeness (QED) is 0.476. The van der Waals surface area contributed by atoms with Crippen LogP contribution < -0.4 is 15.4 Å². The van der Waals surface area contributed by atoms with Crippen LogP contribution in [0.3, 0.4) is 0 Å². The second kappa shape index (κ2) is 9.31. The number of hydrogen-bond donors (Lipinski definition) is 4. The molecule has 2 aliphatic rings. The topological polar surface area (TPSA) is 90.8 Å². The van der Waals surface area contributed by atoms with Crippen LogP contribution in [-0.2, 0) is 11.2 Å². The van der Waals surface area contributed by atoms with Gasteiger partial charge in [-0.25, -0.2) is 0 Å². The molecule has 1 aromatic carbocycles. The van der Waals surface area contributed by atoms with E-state index in [2.05, 4.69) is 50.1 Å². The Morgan fingerprint density at radius 3 is 2.65 bits per heavy atom. The molecule has 0 unspecified atom stereocenters. The Kier molecular flexibility index (Phi) is 7.14. The molecule has 0 radical (unpaired) electrons. The smallest absolute Gasteiger partial charge is 0.217 e. The lowest BCUT2D eigenvalue weighted by atomic mass is 9.70. The maximum Gasteiger partial charge on any atom is 0.217 e. The van der Waals surface area contributed by atoms with Crippen molar-refractivity contribution in [2.45, 2.75) is 89.7 Å². The van der Waals surface area contributed by atoms with Crippen LogP contribution in [0.4, 0.5) is 0 Å². The first-order chi connectivity index (χ1) is 14.5. The van der Waals surface area contributed by atoms with Crippen molar-refractivity contribution in [1.82, 2.24) is 10.6 Å². The number of hydrogen-bond acceptors (Lipinski definition) is 5. The van der Waals surface area contributed by atoms with Crippen LogP contribution in [0.2, 0.25) is 0 Å². The molecule has 3 rings (SSSR count). The molecule has 1 aliphatic heterocycles. The largest absolute Gasteiger partial charge is 0.487 e. The van der Waals surface area contributed by atoms with Gasteiger partial charge in [-0.3, -0.25) is 4.79 Å². The van der Waals surface area contributed by atoms with Gasteiger partial charge in [0.2, 0.25) is 5.91 Å². The van der Waals surface area contributed by atoms with Crippen LogP contribution in [0.1, 0.15) is 70.5 Å². The summed E-state index contributed by atoms with van der Waals surface area (Å²) in [7, 11) is 0. The van der Waals surface area contributed by atoms with Crippen molar-refractivity contribution >= 4 is 5.91 Å². The van der Waals surface area contributed by atoms with E-state index in [0.29, 0.717) is 25.8 Å². The monoisotopic (exact) mass is 430 g/mol. The first-order valence-corrected chi connectivity index (χ1v) is 11.3.